The molecule has 0 aliphatic heterocycles. The maximum Gasteiger partial charge on any atom is 0.191 e. The van der Waals surface area contributed by atoms with E-state index in [1.807, 2.05) is 0 Å². The summed E-state index contributed by atoms with van der Waals surface area (Å²) in [4.78, 5) is 4.44. The minimum absolute atomic E-state index is 0.350. The fraction of sp³-hybridized carbons (Fsp3) is 0.944. The summed E-state index contributed by atoms with van der Waals surface area (Å²) < 4.78 is 5.44. The molecule has 0 aromatic carbocycles. The number of rotatable bonds is 11. The van der Waals surface area contributed by atoms with Gasteiger partial charge in [-0.3, -0.25) is 4.99 Å². The van der Waals surface area contributed by atoms with Gasteiger partial charge in [0.25, 0.3) is 0 Å². The fourth-order valence-corrected chi connectivity index (χ4v) is 2.93. The van der Waals surface area contributed by atoms with E-state index in [1.165, 1.54) is 38.5 Å². The Kier molecular flexibility index (Phi) is 11.1. The SMILES string of the molecule is CCNC(=NCC(O)COCC(C)C)NCCCC1CCCC1. The van der Waals surface area contributed by atoms with Crippen molar-refractivity contribution in [3.05, 3.63) is 0 Å². The van der Waals surface area contributed by atoms with Crippen molar-refractivity contribution in [1.82, 2.24) is 10.6 Å². The number of aliphatic hydroxyl groups excluding tert-OH is 1. The summed E-state index contributed by atoms with van der Waals surface area (Å²) in [5, 5.41) is 16.5. The normalized spacial score (nSPS) is 17.7. The average Bonchev–Trinajstić information content (AvgIpc) is 3.02. The number of nitrogens with one attached hydrogen (secondary N) is 2. The lowest BCUT2D eigenvalue weighted by molar-refractivity contribution is 0.0301. The third-order valence-electron chi connectivity index (χ3n) is 4.12. The molecule has 136 valence electrons. The molecule has 0 heterocycles. The highest BCUT2D eigenvalue weighted by Gasteiger charge is 2.14. The van der Waals surface area contributed by atoms with Crippen LogP contribution in [-0.4, -0.2) is 50.0 Å². The summed E-state index contributed by atoms with van der Waals surface area (Å²) in [6, 6.07) is 0. The Labute approximate surface area is 142 Å². The molecular formula is C18H37N3O2. The molecule has 1 atom stereocenters. The van der Waals surface area contributed by atoms with Gasteiger partial charge in [-0.2, -0.15) is 0 Å². The minimum atomic E-state index is -0.539. The van der Waals surface area contributed by atoms with Crippen LogP contribution in [0.15, 0.2) is 4.99 Å². The molecule has 0 aromatic heterocycles. The highest BCUT2D eigenvalue weighted by molar-refractivity contribution is 5.79. The van der Waals surface area contributed by atoms with E-state index >= 15 is 0 Å². The Bertz CT molecular complexity index is 315. The standard InChI is InChI=1S/C18H37N3O2/c1-4-19-18(20-11-7-10-16-8-5-6-9-16)21-12-17(22)14-23-13-15(2)3/h15-17,22H,4-14H2,1-3H3,(H2,19,20,21). The second-order valence-electron chi connectivity index (χ2n) is 7.02. The van der Waals surface area contributed by atoms with Crippen molar-refractivity contribution in [2.24, 2.45) is 16.8 Å². The van der Waals surface area contributed by atoms with Crippen molar-refractivity contribution < 1.29 is 9.84 Å². The van der Waals surface area contributed by atoms with Gasteiger partial charge >= 0.3 is 0 Å². The summed E-state index contributed by atoms with van der Waals surface area (Å²) in [5.41, 5.74) is 0. The summed E-state index contributed by atoms with van der Waals surface area (Å²) >= 11 is 0. The Morgan fingerprint density at radius 1 is 1.22 bits per heavy atom. The van der Waals surface area contributed by atoms with Crippen LogP contribution < -0.4 is 10.6 Å². The highest BCUT2D eigenvalue weighted by atomic mass is 16.5. The first-order chi connectivity index (χ1) is 11.1. The molecule has 1 saturated carbocycles. The molecule has 0 amide bonds. The average molecular weight is 328 g/mol. The van der Waals surface area contributed by atoms with Gasteiger partial charge in [0.05, 0.1) is 19.3 Å². The molecule has 0 bridgehead atoms. The third kappa shape index (κ3) is 10.6. The molecule has 0 spiro atoms. The smallest absolute Gasteiger partial charge is 0.191 e. The summed E-state index contributed by atoms with van der Waals surface area (Å²) in [6.45, 7) is 9.43. The molecule has 1 aliphatic carbocycles. The van der Waals surface area contributed by atoms with Gasteiger partial charge in [-0.15, -0.1) is 0 Å². The van der Waals surface area contributed by atoms with Gasteiger partial charge in [-0.05, 0) is 31.6 Å². The second kappa shape index (κ2) is 12.6. The van der Waals surface area contributed by atoms with E-state index in [0.717, 1.165) is 25.0 Å². The first kappa shape index (κ1) is 20.2. The van der Waals surface area contributed by atoms with Crippen LogP contribution in [0.25, 0.3) is 0 Å². The second-order valence-corrected chi connectivity index (χ2v) is 7.02. The van der Waals surface area contributed by atoms with Crippen molar-refractivity contribution in [2.75, 3.05) is 32.8 Å². The highest BCUT2D eigenvalue weighted by Crippen LogP contribution is 2.28. The first-order valence-corrected chi connectivity index (χ1v) is 9.39. The van der Waals surface area contributed by atoms with Crippen LogP contribution >= 0.6 is 0 Å². The van der Waals surface area contributed by atoms with Gasteiger partial charge in [-0.1, -0.05) is 39.5 Å². The first-order valence-electron chi connectivity index (χ1n) is 9.39. The minimum Gasteiger partial charge on any atom is -0.389 e. The number of aliphatic imine (C=N–C) groups is 1. The van der Waals surface area contributed by atoms with Crippen molar-refractivity contribution in [2.45, 2.75) is 65.4 Å². The van der Waals surface area contributed by atoms with Crippen LogP contribution in [0.2, 0.25) is 0 Å². The number of guanidine groups is 1. The maximum absolute atomic E-state index is 9.91. The van der Waals surface area contributed by atoms with Crippen molar-refractivity contribution in [3.8, 4) is 0 Å². The van der Waals surface area contributed by atoms with Gasteiger partial charge in [0.1, 0.15) is 0 Å². The van der Waals surface area contributed by atoms with Gasteiger partial charge in [0, 0.05) is 19.7 Å². The monoisotopic (exact) mass is 327 g/mol. The fourth-order valence-electron chi connectivity index (χ4n) is 2.93. The van der Waals surface area contributed by atoms with E-state index in [-0.39, 0.29) is 0 Å². The van der Waals surface area contributed by atoms with Gasteiger partial charge < -0.3 is 20.5 Å². The predicted octanol–water partition coefficient (Wildman–Crippen LogP) is 2.55. The molecule has 5 heteroatoms. The van der Waals surface area contributed by atoms with Crippen LogP contribution in [0.4, 0.5) is 0 Å². The number of aliphatic hydroxyl groups is 1. The zero-order valence-electron chi connectivity index (χ0n) is 15.3. The molecule has 0 aromatic rings. The van der Waals surface area contributed by atoms with Crippen LogP contribution in [0.1, 0.15) is 59.3 Å². The van der Waals surface area contributed by atoms with E-state index in [1.54, 1.807) is 0 Å². The van der Waals surface area contributed by atoms with Gasteiger partial charge in [0.2, 0.25) is 0 Å². The van der Waals surface area contributed by atoms with Gasteiger partial charge in [-0.25, -0.2) is 0 Å². The van der Waals surface area contributed by atoms with Crippen LogP contribution in [0.3, 0.4) is 0 Å². The molecule has 0 radical (unpaired) electrons. The molecule has 1 aliphatic rings. The Balaban J connectivity index is 2.17. The van der Waals surface area contributed by atoms with Crippen molar-refractivity contribution in [3.63, 3.8) is 0 Å². The Morgan fingerprint density at radius 3 is 2.61 bits per heavy atom. The van der Waals surface area contributed by atoms with Crippen LogP contribution in [0, 0.1) is 11.8 Å². The van der Waals surface area contributed by atoms with E-state index in [4.69, 9.17) is 4.74 Å². The zero-order chi connectivity index (χ0) is 16.9. The lowest BCUT2D eigenvalue weighted by Crippen LogP contribution is -2.38. The van der Waals surface area contributed by atoms with E-state index in [2.05, 4.69) is 36.4 Å². The number of nitrogens with zero attached hydrogens (tertiary/aromatic N) is 1. The quantitative estimate of drug-likeness (QED) is 0.310. The van der Waals surface area contributed by atoms with E-state index < -0.39 is 6.10 Å². The summed E-state index contributed by atoms with van der Waals surface area (Å²) in [6.07, 6.45) is 7.63. The predicted molar refractivity (Wildman–Crippen MR) is 96.8 cm³/mol. The Hall–Kier alpha value is -0.810. The van der Waals surface area contributed by atoms with Crippen molar-refractivity contribution >= 4 is 5.96 Å². The van der Waals surface area contributed by atoms with Crippen LogP contribution in [0.5, 0.6) is 0 Å². The summed E-state index contributed by atoms with van der Waals surface area (Å²) in [5.74, 6) is 2.22. The topological polar surface area (TPSA) is 65.9 Å². The van der Waals surface area contributed by atoms with Crippen molar-refractivity contribution in [1.29, 1.82) is 0 Å². The van der Waals surface area contributed by atoms with Crippen LogP contribution in [-0.2, 0) is 4.74 Å². The molecule has 1 rings (SSSR count). The molecule has 0 saturated heterocycles. The number of hydrogen-bond donors (Lipinski definition) is 3. The third-order valence-corrected chi connectivity index (χ3v) is 4.12. The zero-order valence-corrected chi connectivity index (χ0v) is 15.3. The number of hydrogen-bond acceptors (Lipinski definition) is 3. The lowest BCUT2D eigenvalue weighted by atomic mass is 10.0. The molecule has 23 heavy (non-hydrogen) atoms. The largest absolute Gasteiger partial charge is 0.389 e. The molecule has 3 N–H and O–H groups in total. The molecule has 5 nitrogen and oxygen atoms in total. The van der Waals surface area contributed by atoms with E-state index in [9.17, 15) is 5.11 Å². The van der Waals surface area contributed by atoms with E-state index in [0.29, 0.717) is 25.7 Å². The molecule has 1 fully saturated rings. The maximum atomic E-state index is 9.91. The molecular weight excluding hydrogens is 290 g/mol. The van der Waals surface area contributed by atoms with Gasteiger partial charge in [0.15, 0.2) is 5.96 Å². The Morgan fingerprint density at radius 2 is 1.96 bits per heavy atom. The summed E-state index contributed by atoms with van der Waals surface area (Å²) in [7, 11) is 0. The lowest BCUT2D eigenvalue weighted by Gasteiger charge is -2.14. The molecule has 1 unspecified atom stereocenters. The number of ether oxygens (including phenoxy) is 1.